The number of rotatable bonds is 5. The lowest BCUT2D eigenvalue weighted by Gasteiger charge is -2.17. The Morgan fingerprint density at radius 1 is 1.37 bits per heavy atom. The van der Waals surface area contributed by atoms with E-state index in [0.29, 0.717) is 5.92 Å². The van der Waals surface area contributed by atoms with Crippen LogP contribution < -0.4 is 11.1 Å². The first kappa shape index (κ1) is 12.1. The monoisotopic (exact) mass is 255 g/mol. The molecule has 1 atom stereocenters. The minimum atomic E-state index is -0.459. The van der Waals surface area contributed by atoms with Crippen molar-refractivity contribution in [3.05, 3.63) is 42.1 Å². The summed E-state index contributed by atoms with van der Waals surface area (Å²) in [4.78, 5) is 16.1. The van der Waals surface area contributed by atoms with Crippen molar-refractivity contribution >= 4 is 16.8 Å². The largest absolute Gasteiger partial charge is 0.368 e. The first-order valence-electron chi connectivity index (χ1n) is 6.62. The zero-order chi connectivity index (χ0) is 13.2. The molecule has 1 aromatic carbocycles. The van der Waals surface area contributed by atoms with Gasteiger partial charge in [0.1, 0.15) is 6.04 Å². The first-order chi connectivity index (χ1) is 9.25. The Kier molecular flexibility index (Phi) is 3.17. The van der Waals surface area contributed by atoms with Gasteiger partial charge in [-0.1, -0.05) is 24.3 Å². The van der Waals surface area contributed by atoms with E-state index in [0.717, 1.165) is 23.0 Å². The van der Waals surface area contributed by atoms with Gasteiger partial charge in [-0.3, -0.25) is 9.78 Å². The molecule has 19 heavy (non-hydrogen) atoms. The summed E-state index contributed by atoms with van der Waals surface area (Å²) in [6, 6.07) is 9.27. The summed E-state index contributed by atoms with van der Waals surface area (Å²) < 4.78 is 0. The van der Waals surface area contributed by atoms with Gasteiger partial charge in [-0.25, -0.2) is 0 Å². The lowest BCUT2D eigenvalue weighted by atomic mass is 10.0. The number of nitrogens with zero attached hydrogens (tertiary/aromatic N) is 1. The molecule has 1 aliphatic carbocycles. The molecule has 4 nitrogen and oxygen atoms in total. The fourth-order valence-electron chi connectivity index (χ4n) is 2.33. The van der Waals surface area contributed by atoms with Gasteiger partial charge < -0.3 is 11.1 Å². The fourth-order valence-corrected chi connectivity index (χ4v) is 2.33. The molecule has 0 radical (unpaired) electrons. The quantitative estimate of drug-likeness (QED) is 0.855. The number of primary amides is 1. The summed E-state index contributed by atoms with van der Waals surface area (Å²) in [7, 11) is 0. The lowest BCUT2D eigenvalue weighted by Crippen LogP contribution is -2.35. The minimum Gasteiger partial charge on any atom is -0.368 e. The molecule has 98 valence electrons. The zero-order valence-electron chi connectivity index (χ0n) is 10.7. The highest BCUT2D eigenvalue weighted by Crippen LogP contribution is 2.29. The molecule has 1 aromatic heterocycles. The van der Waals surface area contributed by atoms with Crippen LogP contribution in [0.2, 0.25) is 0 Å². The highest BCUT2D eigenvalue weighted by molar-refractivity contribution is 5.89. The summed E-state index contributed by atoms with van der Waals surface area (Å²) >= 11 is 0. The summed E-state index contributed by atoms with van der Waals surface area (Å²) in [5, 5.41) is 4.30. The van der Waals surface area contributed by atoms with Gasteiger partial charge in [-0.15, -0.1) is 0 Å². The number of nitrogens with two attached hydrogens (primary N) is 1. The summed E-state index contributed by atoms with van der Waals surface area (Å²) in [6.07, 6.45) is 4.23. The van der Waals surface area contributed by atoms with E-state index in [9.17, 15) is 4.79 Å². The van der Waals surface area contributed by atoms with Gasteiger partial charge in [0.2, 0.25) is 5.91 Å². The van der Waals surface area contributed by atoms with E-state index in [2.05, 4.69) is 10.3 Å². The molecule has 1 heterocycles. The van der Waals surface area contributed by atoms with Crippen LogP contribution in [0.3, 0.4) is 0 Å². The van der Waals surface area contributed by atoms with Gasteiger partial charge in [-0.2, -0.15) is 0 Å². The first-order valence-corrected chi connectivity index (χ1v) is 6.62. The number of amides is 1. The van der Waals surface area contributed by atoms with E-state index in [4.69, 9.17) is 5.73 Å². The van der Waals surface area contributed by atoms with E-state index in [1.165, 1.54) is 12.8 Å². The predicted octanol–water partition coefficient (Wildman–Crippen LogP) is 1.76. The van der Waals surface area contributed by atoms with E-state index >= 15 is 0 Å². The van der Waals surface area contributed by atoms with Crippen molar-refractivity contribution in [2.24, 2.45) is 11.7 Å². The van der Waals surface area contributed by atoms with Crippen LogP contribution in [0.25, 0.3) is 10.9 Å². The fraction of sp³-hybridized carbons (Fsp3) is 0.333. The van der Waals surface area contributed by atoms with Crippen LogP contribution in [0.1, 0.15) is 24.4 Å². The molecule has 1 fully saturated rings. The molecule has 0 aliphatic heterocycles. The summed E-state index contributed by atoms with van der Waals surface area (Å²) in [5.74, 6) is 0.351. The van der Waals surface area contributed by atoms with Gasteiger partial charge in [0.15, 0.2) is 0 Å². The number of carbonyl (C=O) groups is 1. The Balaban J connectivity index is 1.96. The van der Waals surface area contributed by atoms with Crippen molar-refractivity contribution in [2.75, 3.05) is 6.54 Å². The van der Waals surface area contributed by atoms with Crippen LogP contribution in [0, 0.1) is 5.92 Å². The maximum absolute atomic E-state index is 11.7. The number of fused-ring (bicyclic) bond motifs is 1. The van der Waals surface area contributed by atoms with Crippen molar-refractivity contribution in [3.8, 4) is 0 Å². The van der Waals surface area contributed by atoms with Crippen LogP contribution in [0.15, 0.2) is 36.5 Å². The van der Waals surface area contributed by atoms with Crippen molar-refractivity contribution in [1.82, 2.24) is 10.3 Å². The molecule has 1 saturated carbocycles. The number of pyridine rings is 1. The van der Waals surface area contributed by atoms with E-state index in [1.807, 2.05) is 30.3 Å². The molecule has 1 aliphatic rings. The van der Waals surface area contributed by atoms with Crippen molar-refractivity contribution < 1.29 is 4.79 Å². The van der Waals surface area contributed by atoms with Gasteiger partial charge in [0.25, 0.3) is 0 Å². The zero-order valence-corrected chi connectivity index (χ0v) is 10.7. The number of hydrogen-bond acceptors (Lipinski definition) is 3. The average molecular weight is 255 g/mol. The molecule has 0 bridgehead atoms. The van der Waals surface area contributed by atoms with Crippen LogP contribution in [-0.4, -0.2) is 17.4 Å². The number of nitrogens with one attached hydrogen (secondary N) is 1. The Hall–Kier alpha value is -1.94. The summed E-state index contributed by atoms with van der Waals surface area (Å²) in [6.45, 7) is 0.844. The van der Waals surface area contributed by atoms with E-state index in [-0.39, 0.29) is 5.91 Å². The number of carbonyl (C=O) groups excluding carboxylic acids is 1. The molecular formula is C15H17N3O. The number of para-hydroxylation sites is 1. The molecule has 0 spiro atoms. The SMILES string of the molecule is NC(=O)C(NCC1CC1)c1cccc2cccnc12. The Bertz CT molecular complexity index is 602. The van der Waals surface area contributed by atoms with Crippen LogP contribution in [0.4, 0.5) is 0 Å². The number of benzene rings is 1. The standard InChI is InChI=1S/C15H17N3O/c16-15(19)14(18-9-10-6-7-10)12-5-1-3-11-4-2-8-17-13(11)12/h1-5,8,10,14,18H,6-7,9H2,(H2,16,19). The second-order valence-electron chi connectivity index (χ2n) is 5.11. The highest BCUT2D eigenvalue weighted by atomic mass is 16.1. The minimum absolute atomic E-state index is 0.348. The molecular weight excluding hydrogens is 238 g/mol. The Morgan fingerprint density at radius 2 is 2.16 bits per heavy atom. The molecule has 3 rings (SSSR count). The lowest BCUT2D eigenvalue weighted by molar-refractivity contribution is -0.120. The normalized spacial score (nSPS) is 16.4. The Labute approximate surface area is 112 Å². The third-order valence-electron chi connectivity index (χ3n) is 3.57. The molecule has 0 saturated heterocycles. The van der Waals surface area contributed by atoms with Crippen molar-refractivity contribution in [1.29, 1.82) is 0 Å². The van der Waals surface area contributed by atoms with Gasteiger partial charge >= 0.3 is 0 Å². The second kappa shape index (κ2) is 4.97. The predicted molar refractivity (Wildman–Crippen MR) is 74.4 cm³/mol. The van der Waals surface area contributed by atoms with Crippen LogP contribution in [0.5, 0.6) is 0 Å². The van der Waals surface area contributed by atoms with E-state index < -0.39 is 6.04 Å². The smallest absolute Gasteiger partial charge is 0.239 e. The maximum atomic E-state index is 11.7. The van der Waals surface area contributed by atoms with Gasteiger partial charge in [0, 0.05) is 17.1 Å². The topological polar surface area (TPSA) is 68.0 Å². The van der Waals surface area contributed by atoms with Crippen LogP contribution in [-0.2, 0) is 4.79 Å². The van der Waals surface area contributed by atoms with E-state index in [1.54, 1.807) is 6.20 Å². The van der Waals surface area contributed by atoms with Crippen molar-refractivity contribution in [3.63, 3.8) is 0 Å². The highest BCUT2D eigenvalue weighted by Gasteiger charge is 2.25. The summed E-state index contributed by atoms with van der Waals surface area (Å²) in [5.41, 5.74) is 7.25. The third kappa shape index (κ3) is 2.58. The Morgan fingerprint density at radius 3 is 2.89 bits per heavy atom. The molecule has 2 aromatic rings. The second-order valence-corrected chi connectivity index (χ2v) is 5.11. The molecule has 1 amide bonds. The van der Waals surface area contributed by atoms with Gasteiger partial charge in [-0.05, 0) is 31.4 Å². The molecule has 1 unspecified atom stereocenters. The number of hydrogen-bond donors (Lipinski definition) is 2. The third-order valence-corrected chi connectivity index (χ3v) is 3.57. The van der Waals surface area contributed by atoms with Crippen molar-refractivity contribution in [2.45, 2.75) is 18.9 Å². The number of aromatic nitrogens is 1. The van der Waals surface area contributed by atoms with Gasteiger partial charge in [0.05, 0.1) is 5.52 Å². The average Bonchev–Trinajstić information content (AvgIpc) is 3.23. The maximum Gasteiger partial charge on any atom is 0.239 e. The molecule has 3 N–H and O–H groups in total. The van der Waals surface area contributed by atoms with Crippen LogP contribution >= 0.6 is 0 Å². The molecule has 4 heteroatoms.